The Morgan fingerprint density at radius 2 is 2.00 bits per heavy atom. The van der Waals surface area contributed by atoms with Crippen LogP contribution in [0.5, 0.6) is 0 Å². The van der Waals surface area contributed by atoms with E-state index in [1.165, 1.54) is 25.7 Å². The molecule has 0 aromatic carbocycles. The Labute approximate surface area is 87.5 Å². The van der Waals surface area contributed by atoms with Crippen molar-refractivity contribution < 1.29 is 4.79 Å². The monoisotopic (exact) mass is 197 g/mol. The van der Waals surface area contributed by atoms with Gasteiger partial charge >= 0.3 is 0 Å². The molecule has 82 valence electrons. The Hall–Kier alpha value is -0.370. The molecule has 1 fully saturated rings. The number of hydrogen-bond acceptors (Lipinski definition) is 2. The third-order valence-electron chi connectivity index (χ3n) is 2.93. The first-order valence-electron chi connectivity index (χ1n) is 5.77. The zero-order valence-corrected chi connectivity index (χ0v) is 9.73. The van der Waals surface area contributed by atoms with E-state index in [0.717, 1.165) is 6.54 Å². The highest BCUT2D eigenvalue weighted by atomic mass is 16.1. The molecule has 2 heteroatoms. The van der Waals surface area contributed by atoms with Crippen LogP contribution in [0.1, 0.15) is 52.9 Å². The Morgan fingerprint density at radius 1 is 1.29 bits per heavy atom. The third-order valence-corrected chi connectivity index (χ3v) is 2.93. The summed E-state index contributed by atoms with van der Waals surface area (Å²) in [6.07, 6.45) is 5.73. The molecular formula is C12H23NO. The molecule has 0 saturated carbocycles. The number of ketones is 1. The predicted octanol–water partition coefficient (Wildman–Crippen LogP) is 2.52. The van der Waals surface area contributed by atoms with Gasteiger partial charge in [0.1, 0.15) is 5.78 Å². The summed E-state index contributed by atoms with van der Waals surface area (Å²) in [5, 5.41) is 3.46. The summed E-state index contributed by atoms with van der Waals surface area (Å²) >= 11 is 0. The van der Waals surface area contributed by atoms with Gasteiger partial charge in [0.15, 0.2) is 0 Å². The summed E-state index contributed by atoms with van der Waals surface area (Å²) in [5.41, 5.74) is -0.173. The number of hydrogen-bond donors (Lipinski definition) is 1. The number of nitrogens with one attached hydrogen (secondary N) is 1. The van der Waals surface area contributed by atoms with Crippen molar-refractivity contribution in [2.24, 2.45) is 5.41 Å². The van der Waals surface area contributed by atoms with Gasteiger partial charge in [-0.25, -0.2) is 0 Å². The smallest absolute Gasteiger partial charge is 0.139 e. The van der Waals surface area contributed by atoms with Gasteiger partial charge in [0.05, 0.1) is 0 Å². The van der Waals surface area contributed by atoms with Crippen LogP contribution in [0, 0.1) is 5.41 Å². The first-order valence-corrected chi connectivity index (χ1v) is 5.77. The van der Waals surface area contributed by atoms with Crippen LogP contribution in [0.4, 0.5) is 0 Å². The normalized spacial score (nSPS) is 24.4. The lowest BCUT2D eigenvalue weighted by molar-refractivity contribution is -0.126. The quantitative estimate of drug-likeness (QED) is 0.737. The molecule has 1 atom stereocenters. The molecule has 2 nitrogen and oxygen atoms in total. The van der Waals surface area contributed by atoms with Gasteiger partial charge in [-0.15, -0.1) is 0 Å². The molecule has 0 amide bonds. The Kier molecular flexibility index (Phi) is 4.11. The van der Waals surface area contributed by atoms with Gasteiger partial charge in [-0.3, -0.25) is 4.79 Å². The summed E-state index contributed by atoms with van der Waals surface area (Å²) < 4.78 is 0. The van der Waals surface area contributed by atoms with E-state index in [1.54, 1.807) is 0 Å². The second kappa shape index (κ2) is 4.92. The van der Waals surface area contributed by atoms with Crippen molar-refractivity contribution in [3.05, 3.63) is 0 Å². The van der Waals surface area contributed by atoms with Crippen LogP contribution in [0.15, 0.2) is 0 Å². The maximum absolute atomic E-state index is 11.8. The second-order valence-corrected chi connectivity index (χ2v) is 5.38. The van der Waals surface area contributed by atoms with E-state index in [4.69, 9.17) is 0 Å². The maximum Gasteiger partial charge on any atom is 0.139 e. The fourth-order valence-corrected chi connectivity index (χ4v) is 1.80. The van der Waals surface area contributed by atoms with Crippen molar-refractivity contribution in [2.75, 3.05) is 6.54 Å². The van der Waals surface area contributed by atoms with E-state index in [1.807, 2.05) is 20.8 Å². The van der Waals surface area contributed by atoms with Crippen molar-refractivity contribution in [1.82, 2.24) is 5.32 Å². The van der Waals surface area contributed by atoms with Crippen molar-refractivity contribution >= 4 is 5.78 Å². The first-order chi connectivity index (χ1) is 6.50. The van der Waals surface area contributed by atoms with Gasteiger partial charge in [0.2, 0.25) is 0 Å². The average Bonchev–Trinajstić information content (AvgIpc) is 2.31. The number of carbonyl (C=O) groups is 1. The lowest BCUT2D eigenvalue weighted by Crippen LogP contribution is -2.34. The van der Waals surface area contributed by atoms with E-state index in [2.05, 4.69) is 5.32 Å². The summed E-state index contributed by atoms with van der Waals surface area (Å²) in [6.45, 7) is 7.10. The lowest BCUT2D eigenvalue weighted by Gasteiger charge is -2.21. The lowest BCUT2D eigenvalue weighted by atomic mass is 9.86. The SMILES string of the molecule is CC(C)(C)C(=O)CC1CCCCCN1. The Balaban J connectivity index is 2.38. The molecule has 0 aromatic heterocycles. The molecule has 0 spiro atoms. The summed E-state index contributed by atoms with van der Waals surface area (Å²) in [4.78, 5) is 11.8. The molecule has 0 radical (unpaired) electrons. The minimum atomic E-state index is -0.173. The van der Waals surface area contributed by atoms with Gasteiger partial charge in [0, 0.05) is 17.9 Å². The molecule has 1 rings (SSSR count). The molecule has 0 bridgehead atoms. The van der Waals surface area contributed by atoms with Gasteiger partial charge in [-0.2, -0.15) is 0 Å². The van der Waals surface area contributed by atoms with Crippen molar-refractivity contribution in [1.29, 1.82) is 0 Å². The first kappa shape index (κ1) is 11.7. The molecular weight excluding hydrogens is 174 g/mol. The molecule has 0 aliphatic carbocycles. The van der Waals surface area contributed by atoms with E-state index in [0.29, 0.717) is 18.2 Å². The van der Waals surface area contributed by atoms with Gasteiger partial charge in [0.25, 0.3) is 0 Å². The van der Waals surface area contributed by atoms with E-state index in [9.17, 15) is 4.79 Å². The van der Waals surface area contributed by atoms with Crippen LogP contribution in [-0.2, 0) is 4.79 Å². The van der Waals surface area contributed by atoms with Gasteiger partial charge in [-0.05, 0) is 19.4 Å². The molecule has 1 N–H and O–H groups in total. The van der Waals surface area contributed by atoms with E-state index < -0.39 is 0 Å². The predicted molar refractivity (Wildman–Crippen MR) is 59.3 cm³/mol. The topological polar surface area (TPSA) is 29.1 Å². The minimum Gasteiger partial charge on any atom is -0.314 e. The van der Waals surface area contributed by atoms with Crippen LogP contribution in [0.3, 0.4) is 0 Å². The third kappa shape index (κ3) is 3.79. The summed E-state index contributed by atoms with van der Waals surface area (Å²) in [7, 11) is 0. The molecule has 0 aromatic rings. The number of Topliss-reactive ketones (excluding diaryl/α,β-unsaturated/α-hetero) is 1. The minimum absolute atomic E-state index is 0.173. The molecule has 14 heavy (non-hydrogen) atoms. The molecule has 1 unspecified atom stereocenters. The second-order valence-electron chi connectivity index (χ2n) is 5.38. The molecule has 1 heterocycles. The highest BCUT2D eigenvalue weighted by molar-refractivity contribution is 5.84. The average molecular weight is 197 g/mol. The van der Waals surface area contributed by atoms with Gasteiger partial charge < -0.3 is 5.32 Å². The Bertz CT molecular complexity index is 185. The van der Waals surface area contributed by atoms with E-state index in [-0.39, 0.29) is 5.41 Å². The fraction of sp³-hybridized carbons (Fsp3) is 0.917. The summed E-state index contributed by atoms with van der Waals surface area (Å²) in [6, 6.07) is 0.434. The van der Waals surface area contributed by atoms with Crippen molar-refractivity contribution in [3.63, 3.8) is 0 Å². The molecule has 1 saturated heterocycles. The van der Waals surface area contributed by atoms with Crippen LogP contribution in [0.25, 0.3) is 0 Å². The number of rotatable bonds is 2. The zero-order chi connectivity index (χ0) is 10.6. The van der Waals surface area contributed by atoms with Gasteiger partial charge in [-0.1, -0.05) is 33.6 Å². The highest BCUT2D eigenvalue weighted by Gasteiger charge is 2.24. The largest absolute Gasteiger partial charge is 0.314 e. The number of carbonyl (C=O) groups excluding carboxylic acids is 1. The van der Waals surface area contributed by atoms with Crippen LogP contribution >= 0.6 is 0 Å². The Morgan fingerprint density at radius 3 is 2.64 bits per heavy atom. The maximum atomic E-state index is 11.8. The zero-order valence-electron chi connectivity index (χ0n) is 9.73. The van der Waals surface area contributed by atoms with Crippen LogP contribution in [-0.4, -0.2) is 18.4 Å². The van der Waals surface area contributed by atoms with Crippen LogP contribution in [0.2, 0.25) is 0 Å². The van der Waals surface area contributed by atoms with E-state index >= 15 is 0 Å². The molecule has 1 aliphatic rings. The van der Waals surface area contributed by atoms with Crippen molar-refractivity contribution in [2.45, 2.75) is 58.9 Å². The van der Waals surface area contributed by atoms with Crippen molar-refractivity contribution in [3.8, 4) is 0 Å². The van der Waals surface area contributed by atoms with Crippen LogP contribution < -0.4 is 5.32 Å². The fourth-order valence-electron chi connectivity index (χ4n) is 1.80. The standard InChI is InChI=1S/C12H23NO/c1-12(2,3)11(14)9-10-7-5-4-6-8-13-10/h10,13H,4-9H2,1-3H3. The highest BCUT2D eigenvalue weighted by Crippen LogP contribution is 2.20. The summed E-state index contributed by atoms with van der Waals surface area (Å²) in [5.74, 6) is 0.386. The molecule has 1 aliphatic heterocycles.